The number of carbonyl (C=O) groups is 1. The number of thioether (sulfide) groups is 1. The molecule has 0 bridgehead atoms. The van der Waals surface area contributed by atoms with Gasteiger partial charge in [-0.05, 0) is 44.0 Å². The van der Waals surface area contributed by atoms with Crippen molar-refractivity contribution in [2.45, 2.75) is 51.4 Å². The normalized spacial score (nSPS) is 11.0. The van der Waals surface area contributed by atoms with Crippen LogP contribution in [0.3, 0.4) is 0 Å². The lowest BCUT2D eigenvalue weighted by molar-refractivity contribution is -0.113. The van der Waals surface area contributed by atoms with Crippen molar-refractivity contribution in [3.05, 3.63) is 64.9 Å². The second-order valence-electron chi connectivity index (χ2n) is 7.16. The molecule has 1 N–H and O–H groups in total. The van der Waals surface area contributed by atoms with Crippen molar-refractivity contribution in [3.8, 4) is 5.75 Å². The third kappa shape index (κ3) is 6.24. The van der Waals surface area contributed by atoms with Gasteiger partial charge in [0.2, 0.25) is 5.91 Å². The minimum absolute atomic E-state index is 0.0817. The molecule has 1 amide bonds. The summed E-state index contributed by atoms with van der Waals surface area (Å²) in [6.45, 7) is 6.53. The van der Waals surface area contributed by atoms with Crippen molar-refractivity contribution in [1.29, 1.82) is 0 Å². The van der Waals surface area contributed by atoms with Crippen molar-refractivity contribution in [2.75, 3.05) is 11.1 Å². The van der Waals surface area contributed by atoms with E-state index in [2.05, 4.69) is 33.9 Å². The van der Waals surface area contributed by atoms with E-state index in [1.54, 1.807) is 6.07 Å². The van der Waals surface area contributed by atoms with E-state index in [4.69, 9.17) is 16.3 Å². The van der Waals surface area contributed by atoms with Gasteiger partial charge in [-0.2, -0.15) is 0 Å². The summed E-state index contributed by atoms with van der Waals surface area (Å²) in [7, 11) is 0. The molecule has 0 saturated heterocycles. The van der Waals surface area contributed by atoms with Gasteiger partial charge >= 0.3 is 0 Å². The maximum Gasteiger partial charge on any atom is 0.234 e. The molecular weight excluding hydrogens is 432 g/mol. The van der Waals surface area contributed by atoms with E-state index >= 15 is 0 Å². The van der Waals surface area contributed by atoms with Gasteiger partial charge in [0.15, 0.2) is 11.0 Å². The van der Waals surface area contributed by atoms with Gasteiger partial charge in [0.1, 0.15) is 12.4 Å². The fraction of sp³-hybridized carbons (Fsp3) is 0.348. The molecule has 0 atom stereocenters. The van der Waals surface area contributed by atoms with Crippen LogP contribution in [0.15, 0.2) is 53.7 Å². The third-order valence-corrected chi connectivity index (χ3v) is 6.16. The van der Waals surface area contributed by atoms with Crippen molar-refractivity contribution < 1.29 is 9.53 Å². The number of hydrogen-bond donors (Lipinski definition) is 1. The highest BCUT2D eigenvalue weighted by atomic mass is 35.5. The highest BCUT2D eigenvalue weighted by Gasteiger charge is 2.20. The predicted octanol–water partition coefficient (Wildman–Crippen LogP) is 5.91. The van der Waals surface area contributed by atoms with Crippen LogP contribution in [0.5, 0.6) is 5.75 Å². The number of nitrogens with one attached hydrogen (secondary N) is 1. The van der Waals surface area contributed by atoms with Crippen LogP contribution in [0.1, 0.15) is 44.1 Å². The van der Waals surface area contributed by atoms with Crippen LogP contribution in [0.25, 0.3) is 0 Å². The topological polar surface area (TPSA) is 69.0 Å². The molecule has 0 saturated carbocycles. The second-order valence-corrected chi connectivity index (χ2v) is 8.51. The van der Waals surface area contributed by atoms with E-state index in [9.17, 15) is 4.79 Å². The molecule has 6 nitrogen and oxygen atoms in total. The zero-order valence-electron chi connectivity index (χ0n) is 18.0. The number of halogens is 1. The maximum absolute atomic E-state index is 12.4. The van der Waals surface area contributed by atoms with Gasteiger partial charge in [-0.3, -0.25) is 4.79 Å². The van der Waals surface area contributed by atoms with E-state index in [1.807, 2.05) is 49.4 Å². The van der Waals surface area contributed by atoms with Crippen LogP contribution in [-0.2, 0) is 11.4 Å². The lowest BCUT2D eigenvalue weighted by Crippen LogP contribution is -2.17. The molecule has 8 heteroatoms. The fourth-order valence-electron chi connectivity index (χ4n) is 3.19. The van der Waals surface area contributed by atoms with Crippen molar-refractivity contribution in [3.63, 3.8) is 0 Å². The molecule has 0 fully saturated rings. The van der Waals surface area contributed by atoms with Crippen LogP contribution in [0.4, 0.5) is 5.69 Å². The zero-order valence-corrected chi connectivity index (χ0v) is 19.5. The Hall–Kier alpha value is -2.51. The molecule has 31 heavy (non-hydrogen) atoms. The Morgan fingerprint density at radius 2 is 1.84 bits per heavy atom. The number of rotatable bonds is 10. The van der Waals surface area contributed by atoms with E-state index in [1.165, 1.54) is 11.8 Å². The predicted molar refractivity (Wildman–Crippen MR) is 126 cm³/mol. The fourth-order valence-corrected chi connectivity index (χ4v) is 4.21. The lowest BCUT2D eigenvalue weighted by atomic mass is 10.2. The van der Waals surface area contributed by atoms with Crippen LogP contribution in [0, 0.1) is 6.92 Å². The molecule has 0 unspecified atom stereocenters. The minimum atomic E-state index is -0.0817. The number of aryl methyl sites for hydroxylation is 1. The van der Waals surface area contributed by atoms with Crippen LogP contribution in [0.2, 0.25) is 5.02 Å². The first-order valence-corrected chi connectivity index (χ1v) is 11.7. The zero-order chi connectivity index (χ0) is 22.2. The van der Waals surface area contributed by atoms with Gasteiger partial charge in [-0.15, -0.1) is 10.2 Å². The number of para-hydroxylation sites is 1. The van der Waals surface area contributed by atoms with Crippen LogP contribution in [-0.4, -0.2) is 26.4 Å². The minimum Gasteiger partial charge on any atom is -0.484 e. The molecule has 3 rings (SSSR count). The molecule has 0 spiro atoms. The molecule has 0 aliphatic carbocycles. The molecule has 0 radical (unpaired) electrons. The molecule has 3 aromatic rings. The number of benzene rings is 2. The number of ether oxygens (including phenoxy) is 1. The van der Waals surface area contributed by atoms with Gasteiger partial charge < -0.3 is 14.6 Å². The number of amides is 1. The van der Waals surface area contributed by atoms with Gasteiger partial charge in [0, 0.05) is 11.7 Å². The summed E-state index contributed by atoms with van der Waals surface area (Å²) in [6.07, 6.45) is 1.85. The van der Waals surface area contributed by atoms with Crippen molar-refractivity contribution >= 4 is 35.0 Å². The number of aromatic nitrogens is 3. The van der Waals surface area contributed by atoms with E-state index in [-0.39, 0.29) is 24.3 Å². The summed E-state index contributed by atoms with van der Waals surface area (Å²) < 4.78 is 7.97. The van der Waals surface area contributed by atoms with Crippen LogP contribution < -0.4 is 10.1 Å². The van der Waals surface area contributed by atoms with E-state index < -0.39 is 0 Å². The van der Waals surface area contributed by atoms with E-state index in [0.717, 1.165) is 29.9 Å². The average molecular weight is 459 g/mol. The Labute approximate surface area is 192 Å². The standard InChI is InChI=1S/C23H27ClN4O2S/c1-4-18(5-2)28-21(14-30-20-9-7-6-8-19(20)24)26-27-23(28)31-15-22(29)25-17-12-10-16(3)11-13-17/h6-13,18H,4-5,14-15H2,1-3H3,(H,25,29). The number of nitrogens with zero attached hydrogens (tertiary/aromatic N) is 3. The molecule has 1 aromatic heterocycles. The lowest BCUT2D eigenvalue weighted by Gasteiger charge is -2.19. The molecule has 2 aromatic carbocycles. The smallest absolute Gasteiger partial charge is 0.234 e. The Kier molecular flexibility index (Phi) is 8.37. The van der Waals surface area contributed by atoms with Crippen molar-refractivity contribution in [2.24, 2.45) is 0 Å². The van der Waals surface area contributed by atoms with E-state index in [0.29, 0.717) is 15.9 Å². The summed E-state index contributed by atoms with van der Waals surface area (Å²) >= 11 is 7.57. The van der Waals surface area contributed by atoms with Crippen molar-refractivity contribution in [1.82, 2.24) is 14.8 Å². The monoisotopic (exact) mass is 458 g/mol. The second kappa shape index (κ2) is 11.2. The first-order chi connectivity index (χ1) is 15.0. The third-order valence-electron chi connectivity index (χ3n) is 4.90. The number of anilines is 1. The average Bonchev–Trinajstić information content (AvgIpc) is 3.17. The summed E-state index contributed by atoms with van der Waals surface area (Å²) in [5, 5.41) is 12.9. The number of hydrogen-bond acceptors (Lipinski definition) is 5. The Morgan fingerprint density at radius 3 is 2.52 bits per heavy atom. The van der Waals surface area contributed by atoms with Gasteiger partial charge in [0.05, 0.1) is 10.8 Å². The molecule has 0 aliphatic rings. The highest BCUT2D eigenvalue weighted by Crippen LogP contribution is 2.28. The Morgan fingerprint density at radius 1 is 1.13 bits per heavy atom. The molecular formula is C23H27ClN4O2S. The summed E-state index contributed by atoms with van der Waals surface area (Å²) in [6, 6.07) is 15.3. The quantitative estimate of drug-likeness (QED) is 0.382. The Bertz CT molecular complexity index is 1000. The van der Waals surface area contributed by atoms with Gasteiger partial charge in [-0.1, -0.05) is 67.0 Å². The largest absolute Gasteiger partial charge is 0.484 e. The molecule has 0 aliphatic heterocycles. The number of carbonyl (C=O) groups excluding carboxylic acids is 1. The SMILES string of the molecule is CCC(CC)n1c(COc2ccccc2Cl)nnc1SCC(=O)Nc1ccc(C)cc1. The first-order valence-electron chi connectivity index (χ1n) is 10.3. The first kappa shape index (κ1) is 23.2. The molecule has 1 heterocycles. The van der Waals surface area contributed by atoms with Gasteiger partial charge in [-0.25, -0.2) is 0 Å². The molecule has 164 valence electrons. The maximum atomic E-state index is 12.4. The summed E-state index contributed by atoms with van der Waals surface area (Å²) in [4.78, 5) is 12.4. The highest BCUT2D eigenvalue weighted by molar-refractivity contribution is 7.99. The van der Waals surface area contributed by atoms with Gasteiger partial charge in [0.25, 0.3) is 0 Å². The Balaban J connectivity index is 1.69. The van der Waals surface area contributed by atoms with Crippen LogP contribution >= 0.6 is 23.4 Å². The summed E-state index contributed by atoms with van der Waals surface area (Å²) in [5.41, 5.74) is 1.93. The summed E-state index contributed by atoms with van der Waals surface area (Å²) in [5.74, 6) is 1.49.